The maximum Gasteiger partial charge on any atom is 0.128 e. The lowest BCUT2D eigenvalue weighted by molar-refractivity contribution is 0.510. The molecule has 0 aromatic heterocycles. The van der Waals surface area contributed by atoms with Crippen LogP contribution < -0.4 is 11.3 Å². The van der Waals surface area contributed by atoms with Gasteiger partial charge in [-0.1, -0.05) is 51.8 Å². The summed E-state index contributed by atoms with van der Waals surface area (Å²) in [6.07, 6.45) is 0.517. The van der Waals surface area contributed by atoms with E-state index in [9.17, 15) is 4.39 Å². The number of nitrogens with one attached hydrogen (secondary N) is 1. The van der Waals surface area contributed by atoms with Gasteiger partial charge in [0.2, 0.25) is 0 Å². The molecule has 1 unspecified atom stereocenters. The van der Waals surface area contributed by atoms with Crippen molar-refractivity contribution in [1.29, 1.82) is 0 Å². The second-order valence-corrected chi connectivity index (χ2v) is 5.50. The van der Waals surface area contributed by atoms with E-state index in [4.69, 9.17) is 17.4 Å². The van der Waals surface area contributed by atoms with E-state index in [2.05, 4.69) is 21.4 Å². The van der Waals surface area contributed by atoms with Gasteiger partial charge in [-0.05, 0) is 30.2 Å². The second kappa shape index (κ2) is 6.48. The summed E-state index contributed by atoms with van der Waals surface area (Å²) in [7, 11) is 0. The molecular formula is C14H13BrClFN2. The average Bonchev–Trinajstić information content (AvgIpc) is 2.39. The van der Waals surface area contributed by atoms with Crippen molar-refractivity contribution in [1.82, 2.24) is 5.43 Å². The van der Waals surface area contributed by atoms with Gasteiger partial charge >= 0.3 is 0 Å². The molecule has 0 radical (unpaired) electrons. The van der Waals surface area contributed by atoms with Crippen LogP contribution in [-0.4, -0.2) is 0 Å². The molecule has 2 aromatic carbocycles. The maximum absolute atomic E-state index is 13.8. The molecule has 2 rings (SSSR count). The van der Waals surface area contributed by atoms with Gasteiger partial charge in [0.15, 0.2) is 0 Å². The van der Waals surface area contributed by atoms with E-state index >= 15 is 0 Å². The molecule has 0 aliphatic heterocycles. The van der Waals surface area contributed by atoms with Crippen molar-refractivity contribution in [3.63, 3.8) is 0 Å². The highest BCUT2D eigenvalue weighted by atomic mass is 79.9. The molecule has 0 aliphatic rings. The van der Waals surface area contributed by atoms with Crippen LogP contribution in [0.4, 0.5) is 4.39 Å². The zero-order valence-corrected chi connectivity index (χ0v) is 12.4. The van der Waals surface area contributed by atoms with Gasteiger partial charge in [0.1, 0.15) is 5.82 Å². The zero-order chi connectivity index (χ0) is 13.8. The Balaban J connectivity index is 2.27. The molecule has 0 amide bonds. The first kappa shape index (κ1) is 14.5. The molecule has 0 saturated carbocycles. The molecule has 5 heteroatoms. The number of nitrogens with two attached hydrogens (primary N) is 1. The molecule has 0 bridgehead atoms. The van der Waals surface area contributed by atoms with Crippen LogP contribution in [0.15, 0.2) is 46.9 Å². The summed E-state index contributed by atoms with van der Waals surface area (Å²) in [5.74, 6) is 5.25. The smallest absolute Gasteiger partial charge is 0.128 e. The molecular weight excluding hydrogens is 331 g/mol. The van der Waals surface area contributed by atoms with Gasteiger partial charge in [-0.2, -0.15) is 0 Å². The Morgan fingerprint density at radius 2 is 2.00 bits per heavy atom. The minimum atomic E-state index is -0.320. The standard InChI is InChI=1S/C14H13BrClFN2/c15-10-6-5-9(12(16)8-10)7-14(19-18)11-3-1-2-4-13(11)17/h1-6,8,14,19H,7,18H2. The molecule has 19 heavy (non-hydrogen) atoms. The van der Waals surface area contributed by atoms with Crippen LogP contribution in [0.25, 0.3) is 0 Å². The summed E-state index contributed by atoms with van der Waals surface area (Å²) in [6.45, 7) is 0. The first-order valence-electron chi connectivity index (χ1n) is 5.76. The Hall–Kier alpha value is -0.940. The lowest BCUT2D eigenvalue weighted by Gasteiger charge is -2.18. The summed E-state index contributed by atoms with van der Waals surface area (Å²) >= 11 is 9.52. The van der Waals surface area contributed by atoms with Gasteiger partial charge in [-0.15, -0.1) is 0 Å². The molecule has 2 nitrogen and oxygen atoms in total. The van der Waals surface area contributed by atoms with E-state index in [-0.39, 0.29) is 11.9 Å². The largest absolute Gasteiger partial charge is 0.271 e. The summed E-state index contributed by atoms with van der Waals surface area (Å²) < 4.78 is 14.7. The maximum atomic E-state index is 13.8. The van der Waals surface area contributed by atoms with E-state index in [1.807, 2.05) is 18.2 Å². The quantitative estimate of drug-likeness (QED) is 0.651. The Bertz CT molecular complexity index is 577. The van der Waals surface area contributed by atoms with Gasteiger partial charge in [-0.25, -0.2) is 4.39 Å². The minimum Gasteiger partial charge on any atom is -0.271 e. The highest BCUT2D eigenvalue weighted by molar-refractivity contribution is 9.10. The predicted molar refractivity (Wildman–Crippen MR) is 79.3 cm³/mol. The zero-order valence-electron chi connectivity index (χ0n) is 10.0. The van der Waals surface area contributed by atoms with Crippen LogP contribution in [0.1, 0.15) is 17.2 Å². The number of hydrazine groups is 1. The van der Waals surface area contributed by atoms with Gasteiger partial charge in [0.25, 0.3) is 0 Å². The van der Waals surface area contributed by atoms with Crippen LogP contribution in [0, 0.1) is 5.82 Å². The fraction of sp³-hybridized carbons (Fsp3) is 0.143. The Kier molecular flexibility index (Phi) is 4.93. The molecule has 0 aliphatic carbocycles. The van der Waals surface area contributed by atoms with Crippen LogP contribution in [0.2, 0.25) is 5.02 Å². The van der Waals surface area contributed by atoms with Crippen molar-refractivity contribution in [3.8, 4) is 0 Å². The fourth-order valence-electron chi connectivity index (χ4n) is 1.92. The first-order chi connectivity index (χ1) is 9.11. The Labute approximate surface area is 124 Å². The third kappa shape index (κ3) is 3.54. The molecule has 2 aromatic rings. The number of benzene rings is 2. The molecule has 0 fully saturated rings. The summed E-state index contributed by atoms with van der Waals surface area (Å²) in [4.78, 5) is 0. The molecule has 0 saturated heterocycles. The SMILES string of the molecule is NNC(Cc1ccc(Br)cc1Cl)c1ccccc1F. The predicted octanol–water partition coefficient (Wildman–Crippen LogP) is 3.99. The van der Waals surface area contributed by atoms with Crippen LogP contribution in [-0.2, 0) is 6.42 Å². The van der Waals surface area contributed by atoms with Crippen molar-refractivity contribution in [2.24, 2.45) is 5.84 Å². The molecule has 0 spiro atoms. The monoisotopic (exact) mass is 342 g/mol. The van der Waals surface area contributed by atoms with Gasteiger partial charge in [-0.3, -0.25) is 11.3 Å². The molecule has 0 heterocycles. The van der Waals surface area contributed by atoms with E-state index in [0.717, 1.165) is 10.0 Å². The second-order valence-electron chi connectivity index (χ2n) is 4.18. The van der Waals surface area contributed by atoms with Crippen molar-refractivity contribution in [2.75, 3.05) is 0 Å². The first-order valence-corrected chi connectivity index (χ1v) is 6.93. The van der Waals surface area contributed by atoms with Crippen molar-refractivity contribution < 1.29 is 4.39 Å². The number of hydrogen-bond donors (Lipinski definition) is 2. The average molecular weight is 344 g/mol. The van der Waals surface area contributed by atoms with Crippen LogP contribution in [0.3, 0.4) is 0 Å². The van der Waals surface area contributed by atoms with Crippen LogP contribution >= 0.6 is 27.5 Å². The molecule has 1 atom stereocenters. The summed E-state index contributed by atoms with van der Waals surface area (Å²) in [5.41, 5.74) is 4.08. The van der Waals surface area contributed by atoms with Gasteiger partial charge in [0, 0.05) is 15.1 Å². The van der Waals surface area contributed by atoms with Gasteiger partial charge < -0.3 is 0 Å². The highest BCUT2D eigenvalue weighted by Gasteiger charge is 2.16. The fourth-order valence-corrected chi connectivity index (χ4v) is 2.67. The van der Waals surface area contributed by atoms with E-state index in [1.54, 1.807) is 18.2 Å². The lowest BCUT2D eigenvalue weighted by atomic mass is 9.99. The number of halogens is 3. The van der Waals surface area contributed by atoms with Crippen LogP contribution in [0.5, 0.6) is 0 Å². The van der Waals surface area contributed by atoms with Crippen molar-refractivity contribution in [2.45, 2.75) is 12.5 Å². The van der Waals surface area contributed by atoms with E-state index in [0.29, 0.717) is 17.0 Å². The highest BCUT2D eigenvalue weighted by Crippen LogP contribution is 2.27. The Morgan fingerprint density at radius 3 is 2.63 bits per heavy atom. The summed E-state index contributed by atoms with van der Waals surface area (Å²) in [5, 5.41) is 0.631. The lowest BCUT2D eigenvalue weighted by Crippen LogP contribution is -2.30. The molecule has 100 valence electrons. The van der Waals surface area contributed by atoms with E-state index in [1.165, 1.54) is 6.07 Å². The Morgan fingerprint density at radius 1 is 1.26 bits per heavy atom. The summed E-state index contributed by atoms with van der Waals surface area (Å²) in [6, 6.07) is 11.9. The third-order valence-electron chi connectivity index (χ3n) is 2.92. The van der Waals surface area contributed by atoms with Crippen molar-refractivity contribution in [3.05, 3.63) is 68.9 Å². The molecule has 3 N–H and O–H groups in total. The normalized spacial score (nSPS) is 12.4. The van der Waals surface area contributed by atoms with E-state index < -0.39 is 0 Å². The van der Waals surface area contributed by atoms with Crippen molar-refractivity contribution >= 4 is 27.5 Å². The number of rotatable bonds is 4. The van der Waals surface area contributed by atoms with Gasteiger partial charge in [0.05, 0.1) is 6.04 Å². The minimum absolute atomic E-state index is 0.279. The topological polar surface area (TPSA) is 38.0 Å². The number of hydrogen-bond acceptors (Lipinski definition) is 2. The third-order valence-corrected chi connectivity index (χ3v) is 3.77.